The van der Waals surface area contributed by atoms with E-state index < -0.39 is 0 Å². The molecule has 1 heterocycles. The van der Waals surface area contributed by atoms with E-state index >= 15 is 0 Å². The second-order valence-corrected chi connectivity index (χ2v) is 3.25. The van der Waals surface area contributed by atoms with Crippen LogP contribution in [-0.2, 0) is 0 Å². The predicted octanol–water partition coefficient (Wildman–Crippen LogP) is 2.54. The summed E-state index contributed by atoms with van der Waals surface area (Å²) in [5, 5.41) is 8.10. The zero-order valence-electron chi connectivity index (χ0n) is 8.09. The van der Waals surface area contributed by atoms with Crippen molar-refractivity contribution in [2.24, 2.45) is 0 Å². The van der Waals surface area contributed by atoms with Gasteiger partial charge in [0, 0.05) is 5.56 Å². The van der Waals surface area contributed by atoms with Crippen LogP contribution in [0.15, 0.2) is 0 Å². The summed E-state index contributed by atoms with van der Waals surface area (Å²) in [6.45, 7) is 6.55. The van der Waals surface area contributed by atoms with Crippen LogP contribution in [0.5, 0.6) is 5.88 Å². The first-order chi connectivity index (χ1) is 6.16. The molecule has 0 radical (unpaired) electrons. The van der Waals surface area contributed by atoms with Crippen LogP contribution in [0, 0.1) is 13.8 Å². The van der Waals surface area contributed by atoms with E-state index in [9.17, 15) is 0 Å². The molecule has 1 rings (SSSR count). The summed E-state index contributed by atoms with van der Waals surface area (Å²) in [4.78, 5) is 0. The van der Waals surface area contributed by atoms with Gasteiger partial charge in [-0.3, -0.25) is 0 Å². The lowest BCUT2D eigenvalue weighted by molar-refractivity contribution is 0.299. The Kier molecular flexibility index (Phi) is 3.48. The third kappa shape index (κ3) is 2.31. The molecule has 3 nitrogen and oxygen atoms in total. The Hall–Kier alpha value is -0.830. The average Bonchev–Trinajstić information content (AvgIpc) is 2.13. The summed E-state index contributed by atoms with van der Waals surface area (Å²) < 4.78 is 5.39. The van der Waals surface area contributed by atoms with Gasteiger partial charge in [0.15, 0.2) is 5.15 Å². The number of aromatic nitrogens is 2. The standard InChI is InChI=1S/C9H13ClN2O/c1-4-5-13-9-7(3)6(2)8(10)11-12-9/h4-5H2,1-3H3. The van der Waals surface area contributed by atoms with Gasteiger partial charge in [-0.05, 0) is 25.8 Å². The Bertz CT molecular complexity index is 302. The molecule has 0 aliphatic rings. The van der Waals surface area contributed by atoms with Gasteiger partial charge in [-0.25, -0.2) is 0 Å². The van der Waals surface area contributed by atoms with Crippen LogP contribution >= 0.6 is 11.6 Å². The molecule has 0 aliphatic carbocycles. The number of rotatable bonds is 3. The summed E-state index contributed by atoms with van der Waals surface area (Å²) in [6, 6.07) is 0. The quantitative estimate of drug-likeness (QED) is 0.752. The van der Waals surface area contributed by atoms with E-state index in [1.165, 1.54) is 0 Å². The lowest BCUT2D eigenvalue weighted by Gasteiger charge is -2.08. The SMILES string of the molecule is CCCOc1nnc(Cl)c(C)c1C. The van der Waals surface area contributed by atoms with Crippen molar-refractivity contribution in [3.63, 3.8) is 0 Å². The van der Waals surface area contributed by atoms with Crippen molar-refractivity contribution in [1.29, 1.82) is 0 Å². The van der Waals surface area contributed by atoms with Gasteiger partial charge in [0.05, 0.1) is 6.61 Å². The average molecular weight is 201 g/mol. The van der Waals surface area contributed by atoms with Crippen LogP contribution in [-0.4, -0.2) is 16.8 Å². The smallest absolute Gasteiger partial charge is 0.236 e. The van der Waals surface area contributed by atoms with Gasteiger partial charge >= 0.3 is 0 Å². The van der Waals surface area contributed by atoms with Crippen LogP contribution in [0.25, 0.3) is 0 Å². The lowest BCUT2D eigenvalue weighted by Crippen LogP contribution is -2.02. The summed E-state index contributed by atoms with van der Waals surface area (Å²) in [5.41, 5.74) is 1.90. The molecule has 4 heteroatoms. The predicted molar refractivity (Wildman–Crippen MR) is 52.3 cm³/mol. The second kappa shape index (κ2) is 4.42. The molecule has 0 bridgehead atoms. The fraction of sp³-hybridized carbons (Fsp3) is 0.556. The summed E-state index contributed by atoms with van der Waals surface area (Å²) in [6.07, 6.45) is 0.961. The minimum absolute atomic E-state index is 0.446. The molecule has 0 spiro atoms. The number of ether oxygens (including phenoxy) is 1. The van der Waals surface area contributed by atoms with E-state index in [-0.39, 0.29) is 0 Å². The maximum Gasteiger partial charge on any atom is 0.236 e. The fourth-order valence-corrected chi connectivity index (χ4v) is 1.07. The van der Waals surface area contributed by atoms with Crippen molar-refractivity contribution in [2.75, 3.05) is 6.61 Å². The van der Waals surface area contributed by atoms with Crippen molar-refractivity contribution >= 4 is 11.6 Å². The van der Waals surface area contributed by atoms with E-state index in [0.717, 1.165) is 17.5 Å². The van der Waals surface area contributed by atoms with E-state index in [0.29, 0.717) is 17.6 Å². The Labute approximate surface area is 83.1 Å². The van der Waals surface area contributed by atoms with Crippen LogP contribution in [0.2, 0.25) is 5.15 Å². The van der Waals surface area contributed by atoms with Crippen molar-refractivity contribution in [3.05, 3.63) is 16.3 Å². The Morgan fingerprint density at radius 2 is 1.92 bits per heavy atom. The Morgan fingerprint density at radius 3 is 2.54 bits per heavy atom. The molecule has 0 saturated carbocycles. The van der Waals surface area contributed by atoms with Gasteiger partial charge < -0.3 is 4.74 Å². The molecule has 0 aliphatic heterocycles. The fourth-order valence-electron chi connectivity index (χ4n) is 0.890. The van der Waals surface area contributed by atoms with Crippen molar-refractivity contribution in [2.45, 2.75) is 27.2 Å². The molecule has 0 fully saturated rings. The molecule has 0 saturated heterocycles. The summed E-state index contributed by atoms with van der Waals surface area (Å²) in [5.74, 6) is 0.587. The van der Waals surface area contributed by atoms with Gasteiger partial charge in [0.2, 0.25) is 5.88 Å². The normalized spacial score (nSPS) is 10.2. The van der Waals surface area contributed by atoms with Crippen LogP contribution < -0.4 is 4.74 Å². The highest BCUT2D eigenvalue weighted by molar-refractivity contribution is 6.30. The van der Waals surface area contributed by atoms with E-state index in [1.807, 2.05) is 20.8 Å². The van der Waals surface area contributed by atoms with Gasteiger partial charge in [-0.2, -0.15) is 0 Å². The third-order valence-electron chi connectivity index (χ3n) is 1.86. The van der Waals surface area contributed by atoms with E-state index in [1.54, 1.807) is 0 Å². The summed E-state index contributed by atoms with van der Waals surface area (Å²) >= 11 is 5.79. The number of halogens is 1. The number of hydrogen-bond donors (Lipinski definition) is 0. The van der Waals surface area contributed by atoms with Gasteiger partial charge in [0.25, 0.3) is 0 Å². The van der Waals surface area contributed by atoms with Crippen molar-refractivity contribution < 1.29 is 4.74 Å². The Balaban J connectivity index is 2.90. The highest BCUT2D eigenvalue weighted by Gasteiger charge is 2.08. The largest absolute Gasteiger partial charge is 0.476 e. The highest BCUT2D eigenvalue weighted by atomic mass is 35.5. The monoisotopic (exact) mass is 200 g/mol. The molecule has 1 aromatic rings. The maximum absolute atomic E-state index is 5.79. The molecule has 1 aromatic heterocycles. The molecule has 72 valence electrons. The molecule has 0 N–H and O–H groups in total. The molecule has 13 heavy (non-hydrogen) atoms. The minimum Gasteiger partial charge on any atom is -0.476 e. The lowest BCUT2D eigenvalue weighted by atomic mass is 10.2. The zero-order valence-corrected chi connectivity index (χ0v) is 8.85. The second-order valence-electron chi connectivity index (χ2n) is 2.89. The van der Waals surface area contributed by atoms with E-state index in [4.69, 9.17) is 16.3 Å². The van der Waals surface area contributed by atoms with Crippen LogP contribution in [0.4, 0.5) is 0 Å². The van der Waals surface area contributed by atoms with Gasteiger partial charge in [-0.15, -0.1) is 10.2 Å². The first kappa shape index (κ1) is 10.3. The molecule has 0 atom stereocenters. The highest BCUT2D eigenvalue weighted by Crippen LogP contribution is 2.22. The first-order valence-electron chi connectivity index (χ1n) is 4.29. The number of nitrogens with zero attached hydrogens (tertiary/aromatic N) is 2. The van der Waals surface area contributed by atoms with Gasteiger partial charge in [0.1, 0.15) is 0 Å². The maximum atomic E-state index is 5.79. The van der Waals surface area contributed by atoms with Gasteiger partial charge in [-0.1, -0.05) is 18.5 Å². The molecular weight excluding hydrogens is 188 g/mol. The van der Waals surface area contributed by atoms with E-state index in [2.05, 4.69) is 10.2 Å². The van der Waals surface area contributed by atoms with Crippen molar-refractivity contribution in [3.8, 4) is 5.88 Å². The molecule has 0 unspecified atom stereocenters. The Morgan fingerprint density at radius 1 is 1.23 bits per heavy atom. The van der Waals surface area contributed by atoms with Crippen LogP contribution in [0.1, 0.15) is 24.5 Å². The molecule has 0 amide bonds. The third-order valence-corrected chi connectivity index (χ3v) is 2.22. The minimum atomic E-state index is 0.446. The van der Waals surface area contributed by atoms with Crippen molar-refractivity contribution in [1.82, 2.24) is 10.2 Å². The molecular formula is C9H13ClN2O. The topological polar surface area (TPSA) is 35.0 Å². The number of hydrogen-bond acceptors (Lipinski definition) is 3. The first-order valence-corrected chi connectivity index (χ1v) is 4.66. The van der Waals surface area contributed by atoms with Crippen LogP contribution in [0.3, 0.4) is 0 Å². The zero-order chi connectivity index (χ0) is 9.84. The molecule has 0 aromatic carbocycles. The summed E-state index contributed by atoms with van der Waals surface area (Å²) in [7, 11) is 0.